The highest BCUT2D eigenvalue weighted by Gasteiger charge is 2.34. The average molecular weight is 211 g/mol. The molecule has 0 radical (unpaired) electrons. The van der Waals surface area contributed by atoms with Crippen molar-refractivity contribution >= 4 is 11.8 Å². The molecule has 0 aromatic carbocycles. The van der Waals surface area contributed by atoms with Crippen molar-refractivity contribution in [1.82, 2.24) is 15.3 Å². The van der Waals surface area contributed by atoms with E-state index in [-0.39, 0.29) is 0 Å². The van der Waals surface area contributed by atoms with Crippen LogP contribution < -0.4 is 5.32 Å². The Hall–Kier alpha value is -0.650. The van der Waals surface area contributed by atoms with Crippen LogP contribution in [0.2, 0.25) is 0 Å². The Morgan fingerprint density at radius 3 is 3.14 bits per heavy atom. The third-order valence-electron chi connectivity index (χ3n) is 2.43. The van der Waals surface area contributed by atoms with E-state index in [1.54, 1.807) is 12.3 Å². The highest BCUT2D eigenvalue weighted by molar-refractivity contribution is 7.98. The van der Waals surface area contributed by atoms with Crippen molar-refractivity contribution in [3.05, 3.63) is 18.0 Å². The van der Waals surface area contributed by atoms with Gasteiger partial charge in [-0.3, -0.25) is 0 Å². The van der Waals surface area contributed by atoms with Crippen LogP contribution in [-0.2, 0) is 5.60 Å². The summed E-state index contributed by atoms with van der Waals surface area (Å²) in [6.45, 7) is 1.42. The fraction of sp³-hybridized carbons (Fsp3) is 0.556. The van der Waals surface area contributed by atoms with Gasteiger partial charge in [0.25, 0.3) is 0 Å². The molecule has 0 amide bonds. The largest absolute Gasteiger partial charge is 0.382 e. The summed E-state index contributed by atoms with van der Waals surface area (Å²) in [6.07, 6.45) is 4.35. The van der Waals surface area contributed by atoms with Crippen LogP contribution in [0.3, 0.4) is 0 Å². The minimum atomic E-state index is -0.798. The van der Waals surface area contributed by atoms with Gasteiger partial charge in [-0.15, -0.1) is 0 Å². The van der Waals surface area contributed by atoms with Crippen molar-refractivity contribution in [2.45, 2.75) is 17.2 Å². The fourth-order valence-electron chi connectivity index (χ4n) is 1.60. The van der Waals surface area contributed by atoms with E-state index >= 15 is 0 Å². The minimum Gasteiger partial charge on any atom is -0.382 e. The second kappa shape index (κ2) is 3.84. The van der Waals surface area contributed by atoms with Gasteiger partial charge in [-0.05, 0) is 25.3 Å². The van der Waals surface area contributed by atoms with E-state index in [0.29, 0.717) is 11.7 Å². The molecule has 76 valence electrons. The summed E-state index contributed by atoms with van der Waals surface area (Å²) in [4.78, 5) is 8.39. The van der Waals surface area contributed by atoms with E-state index in [0.717, 1.165) is 18.7 Å². The number of aromatic nitrogens is 2. The molecule has 0 spiro atoms. The van der Waals surface area contributed by atoms with Gasteiger partial charge in [0.15, 0.2) is 5.16 Å². The van der Waals surface area contributed by atoms with Crippen LogP contribution in [0.1, 0.15) is 12.1 Å². The van der Waals surface area contributed by atoms with E-state index in [2.05, 4.69) is 15.3 Å². The molecule has 4 nitrogen and oxygen atoms in total. The Morgan fingerprint density at radius 1 is 1.64 bits per heavy atom. The zero-order chi connectivity index (χ0) is 10.0. The van der Waals surface area contributed by atoms with Crippen molar-refractivity contribution in [2.75, 3.05) is 19.3 Å². The van der Waals surface area contributed by atoms with Crippen LogP contribution >= 0.6 is 11.8 Å². The second-order valence-corrected chi connectivity index (χ2v) is 4.16. The lowest BCUT2D eigenvalue weighted by molar-refractivity contribution is 0.0533. The zero-order valence-corrected chi connectivity index (χ0v) is 8.84. The van der Waals surface area contributed by atoms with E-state index in [9.17, 15) is 5.11 Å². The van der Waals surface area contributed by atoms with Gasteiger partial charge < -0.3 is 10.4 Å². The summed E-state index contributed by atoms with van der Waals surface area (Å²) >= 11 is 1.49. The molecular weight excluding hydrogens is 198 g/mol. The Morgan fingerprint density at radius 2 is 2.50 bits per heavy atom. The smallest absolute Gasteiger partial charge is 0.187 e. The summed E-state index contributed by atoms with van der Waals surface area (Å²) in [5.41, 5.74) is -0.0743. The standard InChI is InChI=1S/C9H13N3OS/c1-14-8-11-4-2-7(12-8)9(13)3-5-10-6-9/h2,4,10,13H,3,5-6H2,1H3. The molecule has 1 saturated heterocycles. The first-order valence-electron chi connectivity index (χ1n) is 4.55. The number of rotatable bonds is 2. The van der Waals surface area contributed by atoms with Gasteiger partial charge in [0, 0.05) is 12.7 Å². The average Bonchev–Trinajstić information content (AvgIpc) is 2.67. The highest BCUT2D eigenvalue weighted by atomic mass is 32.2. The van der Waals surface area contributed by atoms with Crippen LogP contribution in [0.5, 0.6) is 0 Å². The summed E-state index contributed by atoms with van der Waals surface area (Å²) in [5, 5.41) is 14.1. The van der Waals surface area contributed by atoms with Gasteiger partial charge in [-0.25, -0.2) is 9.97 Å². The number of hydrogen-bond acceptors (Lipinski definition) is 5. The number of nitrogens with one attached hydrogen (secondary N) is 1. The molecule has 2 rings (SSSR count). The van der Waals surface area contributed by atoms with Crippen LogP contribution in [0, 0.1) is 0 Å². The molecule has 2 N–H and O–H groups in total. The summed E-state index contributed by atoms with van der Waals surface area (Å²) in [6, 6.07) is 1.78. The summed E-state index contributed by atoms with van der Waals surface area (Å²) in [7, 11) is 0. The van der Waals surface area contributed by atoms with Crippen molar-refractivity contribution in [3.8, 4) is 0 Å². The molecule has 2 heterocycles. The number of thioether (sulfide) groups is 1. The molecule has 1 fully saturated rings. The Balaban J connectivity index is 2.30. The van der Waals surface area contributed by atoms with Gasteiger partial charge in [-0.2, -0.15) is 0 Å². The number of hydrogen-bond donors (Lipinski definition) is 2. The minimum absolute atomic E-state index is 0.581. The lowest BCUT2D eigenvalue weighted by Gasteiger charge is -2.20. The van der Waals surface area contributed by atoms with Gasteiger partial charge in [0.2, 0.25) is 0 Å². The van der Waals surface area contributed by atoms with Gasteiger partial charge in [0.05, 0.1) is 5.69 Å². The van der Waals surface area contributed by atoms with Gasteiger partial charge in [0.1, 0.15) is 5.60 Å². The maximum Gasteiger partial charge on any atom is 0.187 e. The SMILES string of the molecule is CSc1nccc(C2(O)CCNC2)n1. The molecule has 0 aliphatic carbocycles. The van der Waals surface area contributed by atoms with Crippen LogP contribution in [0.25, 0.3) is 0 Å². The lowest BCUT2D eigenvalue weighted by atomic mass is 9.99. The molecule has 0 saturated carbocycles. The lowest BCUT2D eigenvalue weighted by Crippen LogP contribution is -2.29. The maximum absolute atomic E-state index is 10.2. The molecule has 1 unspecified atom stereocenters. The van der Waals surface area contributed by atoms with E-state index in [1.807, 2.05) is 6.26 Å². The highest BCUT2D eigenvalue weighted by Crippen LogP contribution is 2.26. The van der Waals surface area contributed by atoms with Crippen LogP contribution in [0.4, 0.5) is 0 Å². The molecule has 1 aliphatic rings. The quantitative estimate of drug-likeness (QED) is 0.547. The third kappa shape index (κ3) is 1.75. The molecule has 5 heteroatoms. The Labute approximate surface area is 87.2 Å². The molecular formula is C9H13N3OS. The van der Waals surface area contributed by atoms with Crippen LogP contribution in [-0.4, -0.2) is 34.4 Å². The predicted molar refractivity (Wildman–Crippen MR) is 55.2 cm³/mol. The van der Waals surface area contributed by atoms with Gasteiger partial charge >= 0.3 is 0 Å². The molecule has 1 aromatic heterocycles. The van der Waals surface area contributed by atoms with E-state index in [1.165, 1.54) is 11.8 Å². The predicted octanol–water partition coefficient (Wildman–Crippen LogP) is 0.379. The number of nitrogens with zero attached hydrogens (tertiary/aromatic N) is 2. The Kier molecular flexibility index (Phi) is 2.71. The molecule has 1 atom stereocenters. The third-order valence-corrected chi connectivity index (χ3v) is 2.99. The first kappa shape index (κ1) is 9.89. The van der Waals surface area contributed by atoms with Crippen molar-refractivity contribution in [2.24, 2.45) is 0 Å². The topological polar surface area (TPSA) is 58.0 Å². The monoisotopic (exact) mass is 211 g/mol. The summed E-state index contributed by atoms with van der Waals surface area (Å²) in [5.74, 6) is 0. The number of aliphatic hydroxyl groups is 1. The van der Waals surface area contributed by atoms with Crippen molar-refractivity contribution in [1.29, 1.82) is 0 Å². The molecule has 1 aromatic rings. The fourth-order valence-corrected chi connectivity index (χ4v) is 1.95. The van der Waals surface area contributed by atoms with Crippen molar-refractivity contribution < 1.29 is 5.11 Å². The zero-order valence-electron chi connectivity index (χ0n) is 8.03. The molecule has 1 aliphatic heterocycles. The van der Waals surface area contributed by atoms with E-state index < -0.39 is 5.60 Å². The van der Waals surface area contributed by atoms with Crippen LogP contribution in [0.15, 0.2) is 17.4 Å². The normalized spacial score (nSPS) is 26.7. The molecule has 0 bridgehead atoms. The van der Waals surface area contributed by atoms with Crippen molar-refractivity contribution in [3.63, 3.8) is 0 Å². The number of β-amino-alcohol motifs (C(OH)–C–C–N with tert-alkyl or cyclic N) is 1. The second-order valence-electron chi connectivity index (χ2n) is 3.39. The summed E-state index contributed by atoms with van der Waals surface area (Å²) < 4.78 is 0. The van der Waals surface area contributed by atoms with Gasteiger partial charge in [-0.1, -0.05) is 11.8 Å². The maximum atomic E-state index is 10.2. The first-order chi connectivity index (χ1) is 6.74. The van der Waals surface area contributed by atoms with E-state index in [4.69, 9.17) is 0 Å². The molecule has 14 heavy (non-hydrogen) atoms. The first-order valence-corrected chi connectivity index (χ1v) is 5.78. The Bertz CT molecular complexity index is 326.